The third-order valence-corrected chi connectivity index (χ3v) is 3.08. The van der Waals surface area contributed by atoms with E-state index in [1.165, 1.54) is 6.92 Å². The summed E-state index contributed by atoms with van der Waals surface area (Å²) >= 11 is 0. The van der Waals surface area contributed by atoms with Crippen LogP contribution in [0.1, 0.15) is 19.4 Å². The van der Waals surface area contributed by atoms with Crippen molar-refractivity contribution >= 4 is 28.8 Å². The van der Waals surface area contributed by atoms with Gasteiger partial charge in [0.1, 0.15) is 6.61 Å². The van der Waals surface area contributed by atoms with Crippen molar-refractivity contribution in [3.05, 3.63) is 53.6 Å². The van der Waals surface area contributed by atoms with Crippen LogP contribution in [0.3, 0.4) is 0 Å². The Balaban J connectivity index is 2.32. The molecule has 0 aliphatic rings. The fourth-order valence-corrected chi connectivity index (χ4v) is 2.06. The van der Waals surface area contributed by atoms with Crippen molar-refractivity contribution in [3.63, 3.8) is 0 Å². The average Bonchev–Trinajstić information content (AvgIpc) is 2.51. The van der Waals surface area contributed by atoms with Crippen LogP contribution in [0.2, 0.25) is 0 Å². The monoisotopic (exact) mass is 298 g/mol. The first-order valence-electron chi connectivity index (χ1n) is 7.10. The van der Waals surface area contributed by atoms with Crippen LogP contribution < -0.4 is 0 Å². The van der Waals surface area contributed by atoms with Gasteiger partial charge in [0.25, 0.3) is 0 Å². The minimum Gasteiger partial charge on any atom is -0.463 e. The average molecular weight is 298 g/mol. The first-order valence-corrected chi connectivity index (χ1v) is 7.10. The number of ether oxygens (including phenoxy) is 2. The van der Waals surface area contributed by atoms with Crippen LogP contribution in [0, 0.1) is 0 Å². The van der Waals surface area contributed by atoms with E-state index in [1.54, 1.807) is 13.0 Å². The van der Waals surface area contributed by atoms with Gasteiger partial charge in [0, 0.05) is 6.92 Å². The number of carbonyl (C=O) groups is 2. The van der Waals surface area contributed by atoms with Gasteiger partial charge in [0.2, 0.25) is 0 Å². The number of carbonyl (C=O) groups excluding carboxylic acids is 2. The molecule has 4 heteroatoms. The molecule has 0 fully saturated rings. The van der Waals surface area contributed by atoms with Gasteiger partial charge in [-0.05, 0) is 35.4 Å². The second-order valence-electron chi connectivity index (χ2n) is 4.78. The molecule has 0 aliphatic heterocycles. The molecule has 0 N–H and O–H groups in total. The van der Waals surface area contributed by atoms with Crippen LogP contribution in [0.25, 0.3) is 16.8 Å². The maximum Gasteiger partial charge on any atom is 0.337 e. The second kappa shape index (κ2) is 7.41. The highest BCUT2D eigenvalue weighted by molar-refractivity contribution is 5.95. The predicted molar refractivity (Wildman–Crippen MR) is 85.2 cm³/mol. The van der Waals surface area contributed by atoms with Crippen molar-refractivity contribution < 1.29 is 19.1 Å². The number of rotatable bonds is 5. The quantitative estimate of drug-likeness (QED) is 0.627. The first-order chi connectivity index (χ1) is 10.6. The molecule has 2 rings (SSSR count). The summed E-state index contributed by atoms with van der Waals surface area (Å²) in [5, 5.41) is 2.20. The molecule has 0 saturated carbocycles. The molecule has 0 unspecified atom stereocenters. The summed E-state index contributed by atoms with van der Waals surface area (Å²) in [7, 11) is 0. The Morgan fingerprint density at radius 3 is 2.45 bits per heavy atom. The molecule has 0 radical (unpaired) electrons. The molecule has 0 heterocycles. The van der Waals surface area contributed by atoms with Crippen LogP contribution in [0.5, 0.6) is 0 Å². The van der Waals surface area contributed by atoms with E-state index in [-0.39, 0.29) is 13.2 Å². The van der Waals surface area contributed by atoms with Gasteiger partial charge in [0.15, 0.2) is 0 Å². The normalized spacial score (nSPS) is 11.3. The van der Waals surface area contributed by atoms with E-state index in [0.717, 1.165) is 16.3 Å². The lowest BCUT2D eigenvalue weighted by atomic mass is 10.1. The Morgan fingerprint density at radius 2 is 1.77 bits per heavy atom. The Labute approximate surface area is 129 Å². The Morgan fingerprint density at radius 1 is 1.05 bits per heavy atom. The lowest BCUT2D eigenvalue weighted by Crippen LogP contribution is -2.14. The fourth-order valence-electron chi connectivity index (χ4n) is 2.06. The fraction of sp³-hybridized carbons (Fsp3) is 0.222. The second-order valence-corrected chi connectivity index (χ2v) is 4.78. The first kappa shape index (κ1) is 15.8. The highest BCUT2D eigenvalue weighted by atomic mass is 16.5. The lowest BCUT2D eigenvalue weighted by Gasteiger charge is -2.08. The summed E-state index contributed by atoms with van der Waals surface area (Å²) in [6.45, 7) is 3.21. The molecule has 0 amide bonds. The molecule has 0 spiro atoms. The van der Waals surface area contributed by atoms with Gasteiger partial charge in [-0.25, -0.2) is 4.79 Å². The van der Waals surface area contributed by atoms with Gasteiger partial charge >= 0.3 is 11.9 Å². The van der Waals surface area contributed by atoms with Gasteiger partial charge < -0.3 is 9.47 Å². The molecule has 4 nitrogen and oxygen atoms in total. The van der Waals surface area contributed by atoms with Gasteiger partial charge in [-0.2, -0.15) is 0 Å². The van der Waals surface area contributed by atoms with Crippen LogP contribution >= 0.6 is 0 Å². The highest BCUT2D eigenvalue weighted by Gasteiger charge is 2.12. The van der Waals surface area contributed by atoms with Crippen molar-refractivity contribution in [1.29, 1.82) is 0 Å². The van der Waals surface area contributed by atoms with Crippen molar-refractivity contribution in [3.8, 4) is 0 Å². The molecular formula is C18H18O4. The van der Waals surface area contributed by atoms with Crippen LogP contribution in [-0.2, 0) is 19.1 Å². The van der Waals surface area contributed by atoms with E-state index in [4.69, 9.17) is 9.47 Å². The molecule has 0 bridgehead atoms. The van der Waals surface area contributed by atoms with E-state index >= 15 is 0 Å². The lowest BCUT2D eigenvalue weighted by molar-refractivity contribution is -0.142. The Hall–Kier alpha value is -2.62. The Bertz CT molecular complexity index is 716. The third kappa shape index (κ3) is 4.19. The number of hydrogen-bond donors (Lipinski definition) is 0. The van der Waals surface area contributed by atoms with Crippen molar-refractivity contribution in [2.24, 2.45) is 0 Å². The number of fused-ring (bicyclic) bond motifs is 1. The zero-order chi connectivity index (χ0) is 15.9. The van der Waals surface area contributed by atoms with Gasteiger partial charge in [-0.1, -0.05) is 36.4 Å². The zero-order valence-corrected chi connectivity index (χ0v) is 12.7. The van der Waals surface area contributed by atoms with Crippen molar-refractivity contribution in [2.45, 2.75) is 13.8 Å². The third-order valence-electron chi connectivity index (χ3n) is 3.08. The van der Waals surface area contributed by atoms with Gasteiger partial charge in [0.05, 0.1) is 12.2 Å². The van der Waals surface area contributed by atoms with Crippen LogP contribution in [-0.4, -0.2) is 25.2 Å². The minimum atomic E-state index is -0.475. The molecule has 0 atom stereocenters. The van der Waals surface area contributed by atoms with E-state index in [9.17, 15) is 9.59 Å². The SMILES string of the molecule is CCOC(=O)/C(=C\c1ccc2ccccc2c1)COC(C)=O. The van der Waals surface area contributed by atoms with Gasteiger partial charge in [-0.15, -0.1) is 0 Å². The van der Waals surface area contributed by atoms with Crippen molar-refractivity contribution in [1.82, 2.24) is 0 Å². The molecule has 2 aromatic rings. The molecule has 0 aliphatic carbocycles. The number of esters is 2. The number of benzene rings is 2. The summed E-state index contributed by atoms with van der Waals surface area (Å²) in [6, 6.07) is 13.8. The van der Waals surface area contributed by atoms with E-state index in [1.807, 2.05) is 42.5 Å². The van der Waals surface area contributed by atoms with E-state index in [0.29, 0.717) is 5.57 Å². The van der Waals surface area contributed by atoms with E-state index < -0.39 is 11.9 Å². The predicted octanol–water partition coefficient (Wildman–Crippen LogP) is 3.35. The molecule has 0 saturated heterocycles. The molecule has 114 valence electrons. The number of hydrogen-bond acceptors (Lipinski definition) is 4. The van der Waals surface area contributed by atoms with E-state index in [2.05, 4.69) is 0 Å². The molecular weight excluding hydrogens is 280 g/mol. The maximum atomic E-state index is 11.9. The summed E-state index contributed by atoms with van der Waals surface area (Å²) in [5.41, 5.74) is 1.17. The maximum absolute atomic E-state index is 11.9. The minimum absolute atomic E-state index is 0.0962. The van der Waals surface area contributed by atoms with Crippen LogP contribution in [0.15, 0.2) is 48.0 Å². The highest BCUT2D eigenvalue weighted by Crippen LogP contribution is 2.18. The standard InChI is InChI=1S/C18H18O4/c1-3-21-18(20)17(12-22-13(2)19)11-14-8-9-15-6-4-5-7-16(15)10-14/h4-11H,3,12H2,1-2H3/b17-11-. The zero-order valence-electron chi connectivity index (χ0n) is 12.7. The molecule has 22 heavy (non-hydrogen) atoms. The molecule has 0 aromatic heterocycles. The Kier molecular flexibility index (Phi) is 5.31. The molecule has 2 aromatic carbocycles. The summed E-state index contributed by atoms with van der Waals surface area (Å²) < 4.78 is 9.92. The summed E-state index contributed by atoms with van der Waals surface area (Å²) in [5.74, 6) is -0.911. The van der Waals surface area contributed by atoms with Crippen LogP contribution in [0.4, 0.5) is 0 Å². The largest absolute Gasteiger partial charge is 0.463 e. The smallest absolute Gasteiger partial charge is 0.337 e. The van der Waals surface area contributed by atoms with Crippen molar-refractivity contribution in [2.75, 3.05) is 13.2 Å². The summed E-state index contributed by atoms with van der Waals surface area (Å²) in [6.07, 6.45) is 1.69. The summed E-state index contributed by atoms with van der Waals surface area (Å²) in [4.78, 5) is 22.9. The van der Waals surface area contributed by atoms with Gasteiger partial charge in [-0.3, -0.25) is 4.79 Å². The topological polar surface area (TPSA) is 52.6 Å².